The molecule has 1 heterocycles. The first-order chi connectivity index (χ1) is 9.12. The lowest BCUT2D eigenvalue weighted by atomic mass is 9.92. The van der Waals surface area contributed by atoms with Crippen LogP contribution in [0, 0.1) is 0 Å². The molecule has 104 valence electrons. The number of ether oxygens (including phenoxy) is 2. The molecule has 0 radical (unpaired) electrons. The third-order valence-corrected chi connectivity index (χ3v) is 3.58. The SMILES string of the molecule is COc1cc2c(cc1OC)[C@H](CO)N(C(C)=O)CC2. The zero-order valence-electron chi connectivity index (χ0n) is 11.5. The van der Waals surface area contributed by atoms with Crippen LogP contribution >= 0.6 is 0 Å². The maximum Gasteiger partial charge on any atom is 0.220 e. The number of aliphatic hydroxyl groups excluding tert-OH is 1. The molecule has 1 N–H and O–H groups in total. The maximum absolute atomic E-state index is 11.6. The molecule has 0 aromatic heterocycles. The summed E-state index contributed by atoms with van der Waals surface area (Å²) in [5, 5.41) is 9.58. The quantitative estimate of drug-likeness (QED) is 0.890. The standard InChI is InChI=1S/C14H19NO4/c1-9(17)15-5-4-10-6-13(18-2)14(19-3)7-11(10)12(15)8-16/h6-7,12,16H,4-5,8H2,1-3H3/t12-/m0/s1. The Bertz CT molecular complexity index is 487. The van der Waals surface area contributed by atoms with E-state index < -0.39 is 0 Å². The minimum absolute atomic E-state index is 0.0283. The van der Waals surface area contributed by atoms with Gasteiger partial charge in [-0.15, -0.1) is 0 Å². The van der Waals surface area contributed by atoms with E-state index in [1.807, 2.05) is 12.1 Å². The molecule has 1 amide bonds. The van der Waals surface area contributed by atoms with Crippen LogP contribution in [-0.2, 0) is 11.2 Å². The molecule has 0 unspecified atom stereocenters. The van der Waals surface area contributed by atoms with Crippen molar-refractivity contribution in [1.82, 2.24) is 4.90 Å². The van der Waals surface area contributed by atoms with Crippen LogP contribution in [0.5, 0.6) is 11.5 Å². The zero-order chi connectivity index (χ0) is 14.0. The second kappa shape index (κ2) is 5.48. The van der Waals surface area contributed by atoms with Crippen LogP contribution in [0.4, 0.5) is 0 Å². The predicted molar refractivity (Wildman–Crippen MR) is 70.5 cm³/mol. The number of methoxy groups -OCH3 is 2. The van der Waals surface area contributed by atoms with Crippen LogP contribution in [0.15, 0.2) is 12.1 Å². The molecule has 0 fully saturated rings. The van der Waals surface area contributed by atoms with Crippen molar-refractivity contribution in [2.45, 2.75) is 19.4 Å². The second-order valence-electron chi connectivity index (χ2n) is 4.57. The molecule has 0 saturated carbocycles. The molecule has 19 heavy (non-hydrogen) atoms. The highest BCUT2D eigenvalue weighted by molar-refractivity contribution is 5.74. The van der Waals surface area contributed by atoms with E-state index in [4.69, 9.17) is 9.47 Å². The molecule has 5 heteroatoms. The van der Waals surface area contributed by atoms with Gasteiger partial charge in [0.1, 0.15) is 0 Å². The van der Waals surface area contributed by atoms with Gasteiger partial charge in [-0.25, -0.2) is 0 Å². The number of rotatable bonds is 3. The summed E-state index contributed by atoms with van der Waals surface area (Å²) < 4.78 is 10.6. The van der Waals surface area contributed by atoms with Crippen molar-refractivity contribution in [3.8, 4) is 11.5 Å². The summed E-state index contributed by atoms with van der Waals surface area (Å²) in [4.78, 5) is 13.3. The Kier molecular flexibility index (Phi) is 3.95. The van der Waals surface area contributed by atoms with Crippen LogP contribution < -0.4 is 9.47 Å². The number of hydrogen-bond acceptors (Lipinski definition) is 4. The number of amides is 1. The number of nitrogens with zero attached hydrogens (tertiary/aromatic N) is 1. The van der Waals surface area contributed by atoms with E-state index in [1.54, 1.807) is 19.1 Å². The van der Waals surface area contributed by atoms with Crippen LogP contribution in [0.1, 0.15) is 24.1 Å². The zero-order valence-corrected chi connectivity index (χ0v) is 11.5. The minimum Gasteiger partial charge on any atom is -0.493 e. The maximum atomic E-state index is 11.6. The van der Waals surface area contributed by atoms with Gasteiger partial charge in [0, 0.05) is 13.5 Å². The Morgan fingerprint density at radius 1 is 1.37 bits per heavy atom. The van der Waals surface area contributed by atoms with E-state index in [1.165, 1.54) is 6.92 Å². The topological polar surface area (TPSA) is 59.0 Å². The van der Waals surface area contributed by atoms with Crippen molar-refractivity contribution in [1.29, 1.82) is 0 Å². The van der Waals surface area contributed by atoms with Gasteiger partial charge in [-0.2, -0.15) is 0 Å². The smallest absolute Gasteiger partial charge is 0.220 e. The highest BCUT2D eigenvalue weighted by atomic mass is 16.5. The first-order valence-corrected chi connectivity index (χ1v) is 6.25. The summed E-state index contributed by atoms with van der Waals surface area (Å²) in [6.07, 6.45) is 0.756. The molecule has 0 aliphatic carbocycles. The Balaban J connectivity index is 2.48. The lowest BCUT2D eigenvalue weighted by molar-refractivity contribution is -0.132. The van der Waals surface area contributed by atoms with E-state index >= 15 is 0 Å². The van der Waals surface area contributed by atoms with Crippen molar-refractivity contribution in [2.24, 2.45) is 0 Å². The number of carbonyl (C=O) groups excluding carboxylic acids is 1. The number of aliphatic hydroxyl groups is 1. The van der Waals surface area contributed by atoms with Gasteiger partial charge in [-0.05, 0) is 29.7 Å². The molecular formula is C14H19NO4. The summed E-state index contributed by atoms with van der Waals surface area (Å²) >= 11 is 0. The Morgan fingerprint density at radius 2 is 2.00 bits per heavy atom. The van der Waals surface area contributed by atoms with E-state index in [9.17, 15) is 9.90 Å². The molecule has 1 aliphatic rings. The first-order valence-electron chi connectivity index (χ1n) is 6.25. The number of carbonyl (C=O) groups is 1. The van der Waals surface area contributed by atoms with Crippen molar-refractivity contribution in [2.75, 3.05) is 27.4 Å². The average molecular weight is 265 g/mol. The van der Waals surface area contributed by atoms with Crippen molar-refractivity contribution in [3.63, 3.8) is 0 Å². The van der Waals surface area contributed by atoms with Gasteiger partial charge in [0.15, 0.2) is 11.5 Å². The van der Waals surface area contributed by atoms with Crippen molar-refractivity contribution in [3.05, 3.63) is 23.3 Å². The Hall–Kier alpha value is -1.75. The lowest BCUT2D eigenvalue weighted by Gasteiger charge is -2.36. The summed E-state index contributed by atoms with van der Waals surface area (Å²) in [6, 6.07) is 3.47. The van der Waals surface area contributed by atoms with E-state index in [0.29, 0.717) is 18.0 Å². The fourth-order valence-corrected chi connectivity index (χ4v) is 2.60. The number of hydrogen-bond donors (Lipinski definition) is 1. The predicted octanol–water partition coefficient (Wildman–Crippen LogP) is 1.14. The fourth-order valence-electron chi connectivity index (χ4n) is 2.60. The van der Waals surface area contributed by atoms with Gasteiger partial charge >= 0.3 is 0 Å². The molecule has 0 saturated heterocycles. The first kappa shape index (κ1) is 13.7. The van der Waals surface area contributed by atoms with Crippen LogP contribution in [-0.4, -0.2) is 43.3 Å². The molecule has 5 nitrogen and oxygen atoms in total. The molecule has 1 aromatic rings. The summed E-state index contributed by atoms with van der Waals surface area (Å²) in [7, 11) is 3.17. The second-order valence-corrected chi connectivity index (χ2v) is 4.57. The molecule has 0 bridgehead atoms. The average Bonchev–Trinajstić information content (AvgIpc) is 2.43. The van der Waals surface area contributed by atoms with Gasteiger partial charge in [0.2, 0.25) is 5.91 Å². The molecule has 0 spiro atoms. The van der Waals surface area contributed by atoms with Gasteiger partial charge < -0.3 is 19.5 Å². The third-order valence-electron chi connectivity index (χ3n) is 3.58. The Morgan fingerprint density at radius 3 is 2.53 bits per heavy atom. The van der Waals surface area contributed by atoms with E-state index in [2.05, 4.69) is 0 Å². The normalized spacial score (nSPS) is 17.9. The molecular weight excluding hydrogens is 246 g/mol. The van der Waals surface area contributed by atoms with Gasteiger partial charge in [0.25, 0.3) is 0 Å². The monoisotopic (exact) mass is 265 g/mol. The largest absolute Gasteiger partial charge is 0.493 e. The van der Waals surface area contributed by atoms with Crippen LogP contribution in [0.2, 0.25) is 0 Å². The van der Waals surface area contributed by atoms with E-state index in [0.717, 1.165) is 17.5 Å². The van der Waals surface area contributed by atoms with Crippen LogP contribution in [0.25, 0.3) is 0 Å². The van der Waals surface area contributed by atoms with Gasteiger partial charge in [-0.1, -0.05) is 0 Å². The number of fused-ring (bicyclic) bond motifs is 1. The van der Waals surface area contributed by atoms with Crippen molar-refractivity contribution < 1.29 is 19.4 Å². The molecule has 2 rings (SSSR count). The summed E-state index contributed by atoms with van der Waals surface area (Å²) in [5.41, 5.74) is 2.02. The highest BCUT2D eigenvalue weighted by Crippen LogP contribution is 2.37. The minimum atomic E-state index is -0.305. The number of benzene rings is 1. The fraction of sp³-hybridized carbons (Fsp3) is 0.500. The van der Waals surface area contributed by atoms with Gasteiger partial charge in [-0.3, -0.25) is 4.79 Å². The summed E-state index contributed by atoms with van der Waals surface area (Å²) in [6.45, 7) is 2.04. The van der Waals surface area contributed by atoms with Crippen LogP contribution in [0.3, 0.4) is 0 Å². The van der Waals surface area contributed by atoms with Gasteiger partial charge in [0.05, 0.1) is 26.9 Å². The summed E-state index contributed by atoms with van der Waals surface area (Å²) in [5.74, 6) is 1.26. The lowest BCUT2D eigenvalue weighted by Crippen LogP contribution is -2.40. The third kappa shape index (κ3) is 2.38. The van der Waals surface area contributed by atoms with Crippen molar-refractivity contribution >= 4 is 5.91 Å². The van der Waals surface area contributed by atoms with E-state index in [-0.39, 0.29) is 18.6 Å². The Labute approximate surface area is 112 Å². The molecule has 1 aliphatic heterocycles. The molecule has 1 aromatic carbocycles. The molecule has 1 atom stereocenters. The highest BCUT2D eigenvalue weighted by Gasteiger charge is 2.29.